The van der Waals surface area contributed by atoms with Crippen molar-refractivity contribution in [3.63, 3.8) is 0 Å². The average Bonchev–Trinajstić information content (AvgIpc) is 2.80. The van der Waals surface area contributed by atoms with Gasteiger partial charge in [0, 0.05) is 11.6 Å². The summed E-state index contributed by atoms with van der Waals surface area (Å²) in [5.74, 6) is 0.514. The van der Waals surface area contributed by atoms with E-state index in [0.717, 1.165) is 5.56 Å². The first-order valence-corrected chi connectivity index (χ1v) is 10.4. The number of amides is 1. The van der Waals surface area contributed by atoms with Crippen molar-refractivity contribution >= 4 is 41.0 Å². The zero-order valence-electron chi connectivity index (χ0n) is 17.5. The number of nitro benzene ring substituents is 1. The van der Waals surface area contributed by atoms with E-state index in [9.17, 15) is 14.9 Å². The van der Waals surface area contributed by atoms with E-state index in [4.69, 9.17) is 32.7 Å². The summed E-state index contributed by atoms with van der Waals surface area (Å²) in [5, 5.41) is 15.9. The number of nitrogens with one attached hydrogen (secondary N) is 1. The molecule has 0 aliphatic rings. The van der Waals surface area contributed by atoms with Gasteiger partial charge in [0.25, 0.3) is 5.69 Å². The molecule has 0 spiro atoms. The molecule has 0 aliphatic carbocycles. The molecule has 0 saturated heterocycles. The molecule has 0 saturated carbocycles. The second-order valence-corrected chi connectivity index (χ2v) is 7.62. The van der Waals surface area contributed by atoms with Gasteiger partial charge in [0.2, 0.25) is 5.91 Å². The lowest BCUT2D eigenvalue weighted by atomic mass is 10.1. The maximum Gasteiger partial charge on any atom is 0.273 e. The number of hydrogen-bond donors (Lipinski definition) is 1. The normalized spacial score (nSPS) is 10.8. The van der Waals surface area contributed by atoms with Crippen molar-refractivity contribution in [3.8, 4) is 11.5 Å². The van der Waals surface area contributed by atoms with Gasteiger partial charge in [-0.15, -0.1) is 0 Å². The number of hydrogen-bond acceptors (Lipinski definition) is 6. The van der Waals surface area contributed by atoms with Gasteiger partial charge in [-0.1, -0.05) is 47.5 Å². The summed E-state index contributed by atoms with van der Waals surface area (Å²) < 4.78 is 11.2. The molecular weight excluding hydrogens is 469 g/mol. The summed E-state index contributed by atoms with van der Waals surface area (Å²) in [5.41, 5.74) is 4.06. The van der Waals surface area contributed by atoms with Crippen molar-refractivity contribution in [2.75, 3.05) is 7.11 Å². The fraction of sp³-hybridized carbons (Fsp3) is 0.130. The van der Waals surface area contributed by atoms with E-state index >= 15 is 0 Å². The molecule has 0 bridgehead atoms. The molecular formula is C23H19Cl2N3O5. The lowest BCUT2D eigenvalue weighted by molar-refractivity contribution is -0.385. The average molecular weight is 488 g/mol. The van der Waals surface area contributed by atoms with Crippen LogP contribution in [-0.4, -0.2) is 24.2 Å². The molecule has 1 N–H and O–H groups in total. The first-order valence-electron chi connectivity index (χ1n) is 9.66. The van der Waals surface area contributed by atoms with Crippen LogP contribution in [0.25, 0.3) is 0 Å². The summed E-state index contributed by atoms with van der Waals surface area (Å²) >= 11 is 12.0. The number of halogens is 2. The Hall–Kier alpha value is -3.62. The van der Waals surface area contributed by atoms with Crippen LogP contribution in [0.2, 0.25) is 10.0 Å². The molecule has 3 aromatic carbocycles. The summed E-state index contributed by atoms with van der Waals surface area (Å²) in [4.78, 5) is 22.6. The van der Waals surface area contributed by atoms with Crippen molar-refractivity contribution in [3.05, 3.63) is 97.5 Å². The Kier molecular flexibility index (Phi) is 8.23. The predicted molar refractivity (Wildman–Crippen MR) is 126 cm³/mol. The van der Waals surface area contributed by atoms with Gasteiger partial charge < -0.3 is 9.47 Å². The van der Waals surface area contributed by atoms with Gasteiger partial charge in [0.05, 0.1) is 34.7 Å². The minimum atomic E-state index is -0.524. The molecule has 0 atom stereocenters. The number of benzene rings is 3. The fourth-order valence-corrected chi connectivity index (χ4v) is 3.22. The molecule has 0 fully saturated rings. The zero-order chi connectivity index (χ0) is 23.8. The van der Waals surface area contributed by atoms with Gasteiger partial charge in [-0.3, -0.25) is 14.9 Å². The van der Waals surface area contributed by atoms with E-state index in [2.05, 4.69) is 10.5 Å². The number of rotatable bonds is 9. The number of carbonyl (C=O) groups excluding carboxylic acids is 1. The third-order valence-electron chi connectivity index (χ3n) is 4.51. The Balaban J connectivity index is 1.60. The van der Waals surface area contributed by atoms with Crippen LogP contribution >= 0.6 is 23.2 Å². The smallest absolute Gasteiger partial charge is 0.273 e. The third-order valence-corrected chi connectivity index (χ3v) is 5.25. The van der Waals surface area contributed by atoms with Crippen molar-refractivity contribution < 1.29 is 19.2 Å². The van der Waals surface area contributed by atoms with Gasteiger partial charge in [0.1, 0.15) is 6.61 Å². The molecule has 170 valence electrons. The molecule has 3 rings (SSSR count). The maximum atomic E-state index is 12.1. The summed E-state index contributed by atoms with van der Waals surface area (Å²) in [6.07, 6.45) is 1.27. The second kappa shape index (κ2) is 11.3. The van der Waals surface area contributed by atoms with E-state index in [0.29, 0.717) is 32.7 Å². The number of hydrazone groups is 1. The summed E-state index contributed by atoms with van der Waals surface area (Å²) in [7, 11) is 1.51. The molecule has 0 unspecified atom stereocenters. The van der Waals surface area contributed by atoms with E-state index in [1.54, 1.807) is 42.5 Å². The third kappa shape index (κ3) is 6.68. The van der Waals surface area contributed by atoms with Gasteiger partial charge in [-0.2, -0.15) is 5.10 Å². The van der Waals surface area contributed by atoms with Crippen LogP contribution in [0.1, 0.15) is 16.7 Å². The van der Waals surface area contributed by atoms with Crippen molar-refractivity contribution in [1.82, 2.24) is 5.43 Å². The number of ether oxygens (including phenoxy) is 2. The maximum absolute atomic E-state index is 12.1. The molecule has 0 heterocycles. The number of para-hydroxylation sites is 1. The summed E-state index contributed by atoms with van der Waals surface area (Å²) in [6, 6.07) is 16.5. The molecule has 0 aromatic heterocycles. The highest BCUT2D eigenvalue weighted by Gasteiger charge is 2.15. The topological polar surface area (TPSA) is 103 Å². The SMILES string of the molecule is COc1cc(/C=N/NC(=O)Cc2ccccc2[N+](=O)[O-])ccc1OCc1ccc(Cl)c(Cl)c1. The van der Waals surface area contributed by atoms with Gasteiger partial charge in [-0.05, 0) is 41.5 Å². The second-order valence-electron chi connectivity index (χ2n) is 6.80. The van der Waals surface area contributed by atoms with E-state index in [1.165, 1.54) is 25.5 Å². The first-order chi connectivity index (χ1) is 15.9. The Morgan fingerprint density at radius 1 is 1.09 bits per heavy atom. The van der Waals surface area contributed by atoms with Crippen LogP contribution in [0, 0.1) is 10.1 Å². The number of nitro groups is 1. The monoisotopic (exact) mass is 487 g/mol. The Morgan fingerprint density at radius 3 is 2.61 bits per heavy atom. The fourth-order valence-electron chi connectivity index (χ4n) is 2.90. The Morgan fingerprint density at radius 2 is 1.88 bits per heavy atom. The highest BCUT2D eigenvalue weighted by molar-refractivity contribution is 6.42. The lowest BCUT2D eigenvalue weighted by Crippen LogP contribution is -2.20. The first kappa shape index (κ1) is 24.0. The molecule has 8 nitrogen and oxygen atoms in total. The molecule has 3 aromatic rings. The van der Waals surface area contributed by atoms with Gasteiger partial charge in [0.15, 0.2) is 11.5 Å². The molecule has 33 heavy (non-hydrogen) atoms. The standard InChI is InChI=1S/C23H19Cl2N3O5/c1-32-22-11-15(7-9-21(22)33-14-16-6-8-18(24)19(25)10-16)13-26-27-23(29)12-17-4-2-3-5-20(17)28(30)31/h2-11,13H,12,14H2,1H3,(H,27,29)/b26-13+. The minimum Gasteiger partial charge on any atom is -0.493 e. The molecule has 1 amide bonds. The van der Waals surface area contributed by atoms with Crippen molar-refractivity contribution in [2.45, 2.75) is 13.0 Å². The highest BCUT2D eigenvalue weighted by atomic mass is 35.5. The molecule has 10 heteroatoms. The number of methoxy groups -OCH3 is 1. The van der Waals surface area contributed by atoms with Crippen molar-refractivity contribution in [1.29, 1.82) is 0 Å². The number of carbonyl (C=O) groups is 1. The van der Waals surface area contributed by atoms with Crippen LogP contribution in [0.4, 0.5) is 5.69 Å². The van der Waals surface area contributed by atoms with Crippen LogP contribution in [-0.2, 0) is 17.8 Å². The van der Waals surface area contributed by atoms with Gasteiger partial charge >= 0.3 is 0 Å². The van der Waals surface area contributed by atoms with Crippen LogP contribution in [0.3, 0.4) is 0 Å². The summed E-state index contributed by atoms with van der Waals surface area (Å²) in [6.45, 7) is 0.266. The minimum absolute atomic E-state index is 0.113. The Bertz CT molecular complexity index is 1200. The predicted octanol–water partition coefficient (Wildman–Crippen LogP) is 5.18. The van der Waals surface area contributed by atoms with Crippen molar-refractivity contribution in [2.24, 2.45) is 5.10 Å². The van der Waals surface area contributed by atoms with Crippen LogP contribution in [0.15, 0.2) is 65.8 Å². The number of nitrogens with zero attached hydrogens (tertiary/aromatic N) is 2. The molecule has 0 radical (unpaired) electrons. The highest BCUT2D eigenvalue weighted by Crippen LogP contribution is 2.29. The van der Waals surface area contributed by atoms with Gasteiger partial charge in [-0.25, -0.2) is 5.43 Å². The van der Waals surface area contributed by atoms with Crippen LogP contribution < -0.4 is 14.9 Å². The van der Waals surface area contributed by atoms with Crippen LogP contribution in [0.5, 0.6) is 11.5 Å². The molecule has 0 aliphatic heterocycles. The van der Waals surface area contributed by atoms with E-state index in [-0.39, 0.29) is 18.7 Å². The zero-order valence-corrected chi connectivity index (χ0v) is 19.0. The Labute approximate surface area is 199 Å². The largest absolute Gasteiger partial charge is 0.493 e. The lowest BCUT2D eigenvalue weighted by Gasteiger charge is -2.11. The quantitative estimate of drug-likeness (QED) is 0.254. The van der Waals surface area contributed by atoms with E-state index in [1.807, 2.05) is 6.07 Å². The van der Waals surface area contributed by atoms with E-state index < -0.39 is 10.8 Å².